The Morgan fingerprint density at radius 3 is 2.22 bits per heavy atom. The van der Waals surface area contributed by atoms with Crippen LogP contribution in [-0.4, -0.2) is 24.8 Å². The van der Waals surface area contributed by atoms with Gasteiger partial charge in [-0.05, 0) is 25.3 Å². The molecule has 0 aliphatic carbocycles. The summed E-state index contributed by atoms with van der Waals surface area (Å²) in [6.07, 6.45) is 10.9. The van der Waals surface area contributed by atoms with Crippen molar-refractivity contribution in [3.05, 3.63) is 72.0 Å². The van der Waals surface area contributed by atoms with Gasteiger partial charge in [0.2, 0.25) is 0 Å². The Kier molecular flexibility index (Phi) is 5.65. The zero-order chi connectivity index (χ0) is 13.4. The molecule has 2 nitrogen and oxygen atoms in total. The summed E-state index contributed by atoms with van der Waals surface area (Å²) in [4.78, 5) is 13.7. The third-order valence-electron chi connectivity index (χ3n) is 2.30. The molecule has 0 spiro atoms. The molecule has 1 rings (SSSR count). The lowest BCUT2D eigenvalue weighted by Gasteiger charge is -2.00. The van der Waals surface area contributed by atoms with E-state index in [9.17, 15) is 4.79 Å². The van der Waals surface area contributed by atoms with Crippen LogP contribution in [0.3, 0.4) is 0 Å². The second kappa shape index (κ2) is 7.28. The van der Waals surface area contributed by atoms with Crippen molar-refractivity contribution in [2.24, 2.45) is 0 Å². The zero-order valence-electron chi connectivity index (χ0n) is 11.1. The standard InChI is InChI=1S/C16H19NO/c1-14-9-11-15(12-10-14)16(18)8-6-4-5-7-13-17(2)3/h4-13H,1-3H3. The van der Waals surface area contributed by atoms with Crippen LogP contribution in [0.1, 0.15) is 15.9 Å². The molecule has 1 aromatic rings. The number of hydrogen-bond acceptors (Lipinski definition) is 2. The summed E-state index contributed by atoms with van der Waals surface area (Å²) in [5.41, 5.74) is 1.87. The number of rotatable bonds is 5. The largest absolute Gasteiger partial charge is 0.383 e. The topological polar surface area (TPSA) is 20.3 Å². The molecule has 0 aromatic heterocycles. The molecule has 2 heteroatoms. The molecule has 0 heterocycles. The molecular weight excluding hydrogens is 222 g/mol. The van der Waals surface area contributed by atoms with E-state index in [-0.39, 0.29) is 5.78 Å². The van der Waals surface area contributed by atoms with Crippen molar-refractivity contribution in [2.45, 2.75) is 6.92 Å². The Hall–Kier alpha value is -2.09. The van der Waals surface area contributed by atoms with E-state index >= 15 is 0 Å². The summed E-state index contributed by atoms with van der Waals surface area (Å²) in [7, 11) is 3.92. The van der Waals surface area contributed by atoms with Gasteiger partial charge in [-0.1, -0.05) is 48.1 Å². The van der Waals surface area contributed by atoms with Crippen molar-refractivity contribution in [1.29, 1.82) is 0 Å². The highest BCUT2D eigenvalue weighted by Gasteiger charge is 1.98. The lowest BCUT2D eigenvalue weighted by molar-refractivity contribution is 0.104. The SMILES string of the molecule is Cc1ccc(C(=O)C=CC=CC=CN(C)C)cc1. The molecule has 0 radical (unpaired) electrons. The van der Waals surface area contributed by atoms with Gasteiger partial charge in [0, 0.05) is 19.7 Å². The van der Waals surface area contributed by atoms with E-state index in [0.717, 1.165) is 5.56 Å². The highest BCUT2D eigenvalue weighted by atomic mass is 16.1. The number of nitrogens with zero attached hydrogens (tertiary/aromatic N) is 1. The molecule has 0 saturated carbocycles. The van der Waals surface area contributed by atoms with E-state index in [0.29, 0.717) is 5.56 Å². The summed E-state index contributed by atoms with van der Waals surface area (Å²) in [5.74, 6) is 0.0243. The molecular formula is C16H19NO. The van der Waals surface area contributed by atoms with E-state index in [4.69, 9.17) is 0 Å². The molecule has 0 N–H and O–H groups in total. The van der Waals surface area contributed by atoms with E-state index < -0.39 is 0 Å². The number of carbonyl (C=O) groups excluding carboxylic acids is 1. The quantitative estimate of drug-likeness (QED) is 0.447. The third-order valence-corrected chi connectivity index (χ3v) is 2.30. The summed E-state index contributed by atoms with van der Waals surface area (Å²) in [6.45, 7) is 2.00. The summed E-state index contributed by atoms with van der Waals surface area (Å²) >= 11 is 0. The van der Waals surface area contributed by atoms with Crippen LogP contribution in [0.5, 0.6) is 0 Å². The van der Waals surface area contributed by atoms with Crippen LogP contribution < -0.4 is 0 Å². The van der Waals surface area contributed by atoms with Crippen molar-refractivity contribution in [2.75, 3.05) is 14.1 Å². The molecule has 0 unspecified atom stereocenters. The highest BCUT2D eigenvalue weighted by Crippen LogP contribution is 2.04. The Bertz CT molecular complexity index is 464. The van der Waals surface area contributed by atoms with Gasteiger partial charge < -0.3 is 4.90 Å². The van der Waals surface area contributed by atoms with Crippen LogP contribution in [0.2, 0.25) is 0 Å². The normalized spacial score (nSPS) is 11.7. The Labute approximate surface area is 109 Å². The van der Waals surface area contributed by atoms with E-state index in [1.54, 1.807) is 12.2 Å². The van der Waals surface area contributed by atoms with Crippen molar-refractivity contribution >= 4 is 5.78 Å². The van der Waals surface area contributed by atoms with Crippen LogP contribution in [0.15, 0.2) is 60.8 Å². The van der Waals surface area contributed by atoms with Crippen LogP contribution in [-0.2, 0) is 0 Å². The molecule has 0 aliphatic rings. The zero-order valence-corrected chi connectivity index (χ0v) is 11.1. The molecule has 0 bridgehead atoms. The minimum atomic E-state index is 0.0243. The fraction of sp³-hybridized carbons (Fsp3) is 0.188. The number of aryl methyl sites for hydroxylation is 1. The van der Waals surface area contributed by atoms with E-state index in [1.807, 2.05) is 74.6 Å². The Balaban J connectivity index is 2.52. The van der Waals surface area contributed by atoms with Gasteiger partial charge in [-0.25, -0.2) is 0 Å². The van der Waals surface area contributed by atoms with Gasteiger partial charge in [0.1, 0.15) is 0 Å². The van der Waals surface area contributed by atoms with Gasteiger partial charge in [0.15, 0.2) is 5.78 Å². The average molecular weight is 241 g/mol. The van der Waals surface area contributed by atoms with Gasteiger partial charge in [-0.15, -0.1) is 0 Å². The van der Waals surface area contributed by atoms with Crippen LogP contribution in [0, 0.1) is 6.92 Å². The molecule has 0 aliphatic heterocycles. The molecule has 0 atom stereocenters. The second-order valence-corrected chi connectivity index (χ2v) is 4.28. The first-order valence-corrected chi connectivity index (χ1v) is 5.88. The van der Waals surface area contributed by atoms with Crippen molar-refractivity contribution in [3.8, 4) is 0 Å². The average Bonchev–Trinajstić information content (AvgIpc) is 2.34. The maximum atomic E-state index is 11.7. The molecule has 18 heavy (non-hydrogen) atoms. The minimum absolute atomic E-state index is 0.0243. The van der Waals surface area contributed by atoms with Crippen LogP contribution in [0.4, 0.5) is 0 Å². The summed E-state index contributed by atoms with van der Waals surface area (Å²) in [5, 5.41) is 0. The van der Waals surface area contributed by atoms with Crippen molar-refractivity contribution < 1.29 is 4.79 Å². The minimum Gasteiger partial charge on any atom is -0.383 e. The molecule has 94 valence electrons. The van der Waals surface area contributed by atoms with Crippen molar-refractivity contribution in [1.82, 2.24) is 4.90 Å². The van der Waals surface area contributed by atoms with Gasteiger partial charge in [-0.2, -0.15) is 0 Å². The summed E-state index contributed by atoms with van der Waals surface area (Å²) in [6, 6.07) is 7.57. The third kappa shape index (κ3) is 5.30. The first-order chi connectivity index (χ1) is 8.59. The molecule has 0 saturated heterocycles. The number of ketones is 1. The van der Waals surface area contributed by atoms with Crippen LogP contribution in [0.25, 0.3) is 0 Å². The van der Waals surface area contributed by atoms with Crippen molar-refractivity contribution in [3.63, 3.8) is 0 Å². The van der Waals surface area contributed by atoms with Crippen LogP contribution >= 0.6 is 0 Å². The smallest absolute Gasteiger partial charge is 0.185 e. The predicted octanol–water partition coefficient (Wildman–Crippen LogP) is 3.37. The predicted molar refractivity (Wildman–Crippen MR) is 76.6 cm³/mol. The van der Waals surface area contributed by atoms with Gasteiger partial charge in [0.25, 0.3) is 0 Å². The number of allylic oxidation sites excluding steroid dienone is 5. The lowest BCUT2D eigenvalue weighted by atomic mass is 10.1. The van der Waals surface area contributed by atoms with Gasteiger partial charge >= 0.3 is 0 Å². The fourth-order valence-electron chi connectivity index (χ4n) is 1.31. The monoisotopic (exact) mass is 241 g/mol. The van der Waals surface area contributed by atoms with E-state index in [1.165, 1.54) is 0 Å². The second-order valence-electron chi connectivity index (χ2n) is 4.28. The summed E-state index contributed by atoms with van der Waals surface area (Å²) < 4.78 is 0. The maximum Gasteiger partial charge on any atom is 0.185 e. The number of carbonyl (C=O) groups is 1. The molecule has 0 fully saturated rings. The fourth-order valence-corrected chi connectivity index (χ4v) is 1.31. The highest BCUT2D eigenvalue weighted by molar-refractivity contribution is 6.04. The Morgan fingerprint density at radius 1 is 1.00 bits per heavy atom. The van der Waals surface area contributed by atoms with Gasteiger partial charge in [0.05, 0.1) is 0 Å². The maximum absolute atomic E-state index is 11.7. The first kappa shape index (κ1) is 14.0. The number of hydrogen-bond donors (Lipinski definition) is 0. The lowest BCUT2D eigenvalue weighted by Crippen LogP contribution is -1.99. The number of benzene rings is 1. The molecule has 1 aromatic carbocycles. The molecule has 0 amide bonds. The Morgan fingerprint density at radius 2 is 1.61 bits per heavy atom. The van der Waals surface area contributed by atoms with Gasteiger partial charge in [-0.3, -0.25) is 4.79 Å². The first-order valence-electron chi connectivity index (χ1n) is 5.88. The van der Waals surface area contributed by atoms with E-state index in [2.05, 4.69) is 0 Å².